The molecule has 1 fully saturated rings. The van der Waals surface area contributed by atoms with Gasteiger partial charge < -0.3 is 15.4 Å². The molecule has 0 radical (unpaired) electrons. The fraction of sp³-hybridized carbons (Fsp3) is 0.440. The first-order valence-corrected chi connectivity index (χ1v) is 11.0. The first kappa shape index (κ1) is 21.4. The summed E-state index contributed by atoms with van der Waals surface area (Å²) in [4.78, 5) is 26.1. The Bertz CT molecular complexity index is 959. The van der Waals surface area contributed by atoms with Crippen molar-refractivity contribution in [1.29, 1.82) is 0 Å². The number of nitrogens with zero attached hydrogens (tertiary/aromatic N) is 1. The Morgan fingerprint density at radius 1 is 0.968 bits per heavy atom. The molecule has 2 N–H and O–H groups in total. The average Bonchev–Trinajstić information content (AvgIpc) is 3.42. The third-order valence-corrected chi connectivity index (χ3v) is 5.43. The van der Waals surface area contributed by atoms with Gasteiger partial charge in [-0.2, -0.15) is 0 Å². The van der Waals surface area contributed by atoms with E-state index in [1.54, 1.807) is 4.90 Å². The van der Waals surface area contributed by atoms with Crippen LogP contribution in [0, 0.1) is 0 Å². The van der Waals surface area contributed by atoms with E-state index < -0.39 is 5.60 Å². The lowest BCUT2D eigenvalue weighted by molar-refractivity contribution is 0.0241. The molecule has 6 heteroatoms. The quantitative estimate of drug-likeness (QED) is 0.736. The van der Waals surface area contributed by atoms with Gasteiger partial charge in [-0.05, 0) is 68.0 Å². The molecule has 0 bridgehead atoms. The van der Waals surface area contributed by atoms with Crippen molar-refractivity contribution >= 4 is 12.0 Å². The zero-order chi connectivity index (χ0) is 22.0. The topological polar surface area (TPSA) is 70.7 Å². The summed E-state index contributed by atoms with van der Waals surface area (Å²) in [5, 5.41) is 6.47. The van der Waals surface area contributed by atoms with Crippen LogP contribution in [0.25, 0.3) is 0 Å². The summed E-state index contributed by atoms with van der Waals surface area (Å²) in [7, 11) is 0. The summed E-state index contributed by atoms with van der Waals surface area (Å²) in [6.07, 6.45) is 1.92. The predicted molar refractivity (Wildman–Crippen MR) is 119 cm³/mol. The minimum atomic E-state index is -0.486. The zero-order valence-electron chi connectivity index (χ0n) is 18.5. The fourth-order valence-electron chi connectivity index (χ4n) is 3.63. The predicted octanol–water partition coefficient (Wildman–Crippen LogP) is 4.12. The Hall–Kier alpha value is -2.86. The lowest BCUT2D eigenvalue weighted by Gasteiger charge is -2.24. The highest BCUT2D eigenvalue weighted by Gasteiger charge is 2.27. The molecule has 0 unspecified atom stereocenters. The number of carbonyl (C=O) groups is 2. The maximum Gasteiger partial charge on any atom is 0.410 e. The molecule has 2 aromatic rings. The summed E-state index contributed by atoms with van der Waals surface area (Å²) < 4.78 is 5.49. The maximum atomic E-state index is 12.3. The maximum absolute atomic E-state index is 12.3. The molecule has 6 nitrogen and oxygen atoms in total. The molecular weight excluding hydrogens is 390 g/mol. The van der Waals surface area contributed by atoms with Gasteiger partial charge in [-0.1, -0.05) is 30.3 Å². The van der Waals surface area contributed by atoms with Gasteiger partial charge in [0.05, 0.1) is 0 Å². The molecule has 1 aliphatic heterocycles. The van der Waals surface area contributed by atoms with Gasteiger partial charge in [-0.25, -0.2) is 4.79 Å². The second kappa shape index (κ2) is 8.71. The van der Waals surface area contributed by atoms with Crippen LogP contribution in [-0.2, 0) is 30.9 Å². The highest BCUT2D eigenvalue weighted by Crippen LogP contribution is 2.25. The number of rotatable bonds is 6. The number of ether oxygens (including phenoxy) is 1. The van der Waals surface area contributed by atoms with Crippen molar-refractivity contribution in [2.45, 2.75) is 71.4 Å². The van der Waals surface area contributed by atoms with Crippen LogP contribution in [-0.4, -0.2) is 28.5 Å². The monoisotopic (exact) mass is 421 g/mol. The lowest BCUT2D eigenvalue weighted by atomic mass is 10.1. The van der Waals surface area contributed by atoms with E-state index in [0.717, 1.165) is 31.5 Å². The number of carbonyl (C=O) groups excluding carboxylic acids is 2. The number of benzene rings is 2. The summed E-state index contributed by atoms with van der Waals surface area (Å²) >= 11 is 0. The number of fused-ring (bicyclic) bond motifs is 1. The molecule has 1 heterocycles. The minimum Gasteiger partial charge on any atom is -0.444 e. The van der Waals surface area contributed by atoms with Crippen molar-refractivity contribution in [3.05, 3.63) is 70.3 Å². The highest BCUT2D eigenvalue weighted by atomic mass is 16.6. The molecule has 2 aromatic carbocycles. The third-order valence-electron chi connectivity index (χ3n) is 5.43. The highest BCUT2D eigenvalue weighted by molar-refractivity contribution is 5.94. The second-order valence-corrected chi connectivity index (χ2v) is 9.49. The van der Waals surface area contributed by atoms with E-state index in [1.165, 1.54) is 16.7 Å². The molecule has 31 heavy (non-hydrogen) atoms. The normalized spacial score (nSPS) is 15.5. The van der Waals surface area contributed by atoms with Crippen LogP contribution < -0.4 is 10.6 Å². The van der Waals surface area contributed by atoms with Gasteiger partial charge in [0, 0.05) is 37.8 Å². The first-order valence-electron chi connectivity index (χ1n) is 11.0. The van der Waals surface area contributed by atoms with E-state index in [0.29, 0.717) is 24.7 Å². The van der Waals surface area contributed by atoms with Crippen molar-refractivity contribution in [2.75, 3.05) is 0 Å². The van der Waals surface area contributed by atoms with Crippen molar-refractivity contribution in [3.8, 4) is 0 Å². The summed E-state index contributed by atoms with van der Waals surface area (Å²) in [6.45, 7) is 8.30. The van der Waals surface area contributed by atoms with Gasteiger partial charge in [0.1, 0.15) is 5.60 Å². The van der Waals surface area contributed by atoms with Gasteiger partial charge in [0.25, 0.3) is 5.91 Å². The minimum absolute atomic E-state index is 0.0144. The summed E-state index contributed by atoms with van der Waals surface area (Å²) in [6, 6.07) is 14.5. The largest absolute Gasteiger partial charge is 0.444 e. The smallest absolute Gasteiger partial charge is 0.410 e. The number of amides is 2. The molecule has 1 aliphatic carbocycles. The van der Waals surface area contributed by atoms with Gasteiger partial charge in [0.2, 0.25) is 0 Å². The van der Waals surface area contributed by atoms with Crippen LogP contribution in [0.4, 0.5) is 4.79 Å². The van der Waals surface area contributed by atoms with Crippen LogP contribution in [0.3, 0.4) is 0 Å². The molecule has 1 saturated carbocycles. The van der Waals surface area contributed by atoms with Gasteiger partial charge >= 0.3 is 6.09 Å². The van der Waals surface area contributed by atoms with Gasteiger partial charge in [-0.15, -0.1) is 0 Å². The molecule has 0 atom stereocenters. The lowest BCUT2D eigenvalue weighted by Crippen LogP contribution is -2.33. The molecule has 164 valence electrons. The van der Waals surface area contributed by atoms with Gasteiger partial charge in [0.15, 0.2) is 0 Å². The Labute approximate surface area is 184 Å². The van der Waals surface area contributed by atoms with E-state index in [4.69, 9.17) is 4.74 Å². The Morgan fingerprint density at radius 2 is 1.61 bits per heavy atom. The molecule has 2 aliphatic rings. The van der Waals surface area contributed by atoms with E-state index in [-0.39, 0.29) is 12.0 Å². The molecule has 2 amide bonds. The van der Waals surface area contributed by atoms with E-state index in [1.807, 2.05) is 45.0 Å². The van der Waals surface area contributed by atoms with Crippen molar-refractivity contribution in [1.82, 2.24) is 15.5 Å². The summed E-state index contributed by atoms with van der Waals surface area (Å²) in [5.41, 5.74) is 4.90. The first-order chi connectivity index (χ1) is 14.8. The number of hydrogen-bond donors (Lipinski definition) is 2. The van der Waals surface area contributed by atoms with E-state index in [9.17, 15) is 9.59 Å². The van der Waals surface area contributed by atoms with Crippen LogP contribution in [0.15, 0.2) is 42.5 Å². The molecule has 0 spiro atoms. The van der Waals surface area contributed by atoms with Gasteiger partial charge in [-0.3, -0.25) is 9.69 Å². The Morgan fingerprint density at radius 3 is 2.29 bits per heavy atom. The fourth-order valence-corrected chi connectivity index (χ4v) is 3.63. The standard InChI is InChI=1S/C25H31N3O3/c1-25(2,3)31-24(30)28-15-20-9-6-18(12-21(20)16-28)14-26-13-17-4-7-19(8-5-17)23(29)27-22-10-11-22/h4-9,12,22,26H,10-11,13-16H2,1-3H3,(H,27,29). The average molecular weight is 422 g/mol. The number of nitrogens with one attached hydrogen (secondary N) is 2. The SMILES string of the molecule is CC(C)(C)OC(=O)N1Cc2ccc(CNCc3ccc(C(=O)NC4CC4)cc3)cc2C1. The van der Waals surface area contributed by atoms with Crippen molar-refractivity contribution in [2.24, 2.45) is 0 Å². The Balaban J connectivity index is 1.26. The van der Waals surface area contributed by atoms with E-state index >= 15 is 0 Å². The van der Waals surface area contributed by atoms with Crippen LogP contribution in [0.1, 0.15) is 66.2 Å². The van der Waals surface area contributed by atoms with Crippen LogP contribution in [0.2, 0.25) is 0 Å². The second-order valence-electron chi connectivity index (χ2n) is 9.49. The van der Waals surface area contributed by atoms with Crippen molar-refractivity contribution < 1.29 is 14.3 Å². The molecular formula is C25H31N3O3. The van der Waals surface area contributed by atoms with Crippen LogP contribution in [0.5, 0.6) is 0 Å². The van der Waals surface area contributed by atoms with Crippen molar-refractivity contribution in [3.63, 3.8) is 0 Å². The van der Waals surface area contributed by atoms with Crippen LogP contribution >= 0.6 is 0 Å². The van der Waals surface area contributed by atoms with E-state index in [2.05, 4.69) is 28.8 Å². The molecule has 0 aromatic heterocycles. The Kier molecular flexibility index (Phi) is 6.01. The molecule has 0 saturated heterocycles. The third kappa shape index (κ3) is 5.85. The summed E-state index contributed by atoms with van der Waals surface area (Å²) in [5.74, 6) is 0.0144. The zero-order valence-corrected chi connectivity index (χ0v) is 18.5. The molecule has 4 rings (SSSR count). The number of hydrogen-bond acceptors (Lipinski definition) is 4.